The Balaban J connectivity index is 1.92. The summed E-state index contributed by atoms with van der Waals surface area (Å²) in [6.45, 7) is 4.39. The monoisotopic (exact) mass is 401 g/mol. The van der Waals surface area contributed by atoms with Crippen molar-refractivity contribution in [2.24, 2.45) is 5.73 Å². The van der Waals surface area contributed by atoms with Crippen LogP contribution in [0.4, 0.5) is 5.00 Å². The van der Waals surface area contributed by atoms with E-state index >= 15 is 0 Å². The van der Waals surface area contributed by atoms with E-state index < -0.39 is 5.91 Å². The first kappa shape index (κ1) is 19.5. The van der Waals surface area contributed by atoms with Crippen molar-refractivity contribution in [2.45, 2.75) is 32.2 Å². The van der Waals surface area contributed by atoms with Crippen LogP contribution in [0.25, 0.3) is 0 Å². The molecule has 142 valence electrons. The molecule has 1 aromatic carbocycles. The molecule has 0 radical (unpaired) electrons. The minimum atomic E-state index is -0.444. The second-order valence-corrected chi connectivity index (χ2v) is 8.66. The fraction of sp³-hybridized carbons (Fsp3) is 0.300. The van der Waals surface area contributed by atoms with Gasteiger partial charge >= 0.3 is 0 Å². The second-order valence-electron chi connectivity index (χ2n) is 6.48. The molecular formula is C20H23N3O2S2. The van der Waals surface area contributed by atoms with Gasteiger partial charge in [-0.15, -0.1) is 11.3 Å². The van der Waals surface area contributed by atoms with Crippen LogP contribution in [0.3, 0.4) is 0 Å². The van der Waals surface area contributed by atoms with Crippen molar-refractivity contribution in [3.05, 3.63) is 63.5 Å². The number of anilines is 1. The maximum Gasteiger partial charge on any atom is 0.262 e. The molecule has 0 atom stereocenters. The minimum absolute atomic E-state index is 0.0780. The molecule has 5 nitrogen and oxygen atoms in total. The highest BCUT2D eigenvalue weighted by atomic mass is 32.2. The van der Waals surface area contributed by atoms with Crippen molar-refractivity contribution in [1.29, 1.82) is 0 Å². The van der Waals surface area contributed by atoms with E-state index in [1.54, 1.807) is 4.90 Å². The number of nitrogens with two attached hydrogens (primary N) is 2. The van der Waals surface area contributed by atoms with E-state index in [1.807, 2.05) is 30.3 Å². The number of carbonyl (C=O) groups excluding carboxylic acids is 2. The van der Waals surface area contributed by atoms with Crippen molar-refractivity contribution in [3.8, 4) is 0 Å². The number of rotatable bonds is 7. The van der Waals surface area contributed by atoms with Gasteiger partial charge in [0.1, 0.15) is 0 Å². The highest BCUT2D eigenvalue weighted by Crippen LogP contribution is 2.38. The van der Waals surface area contributed by atoms with Crippen LogP contribution in [0.5, 0.6) is 0 Å². The van der Waals surface area contributed by atoms with Crippen molar-refractivity contribution in [3.63, 3.8) is 0 Å². The van der Waals surface area contributed by atoms with E-state index in [-0.39, 0.29) is 11.7 Å². The van der Waals surface area contributed by atoms with Gasteiger partial charge in [-0.05, 0) is 36.8 Å². The number of benzene rings is 1. The topological polar surface area (TPSA) is 89.4 Å². The zero-order valence-electron chi connectivity index (χ0n) is 15.1. The lowest BCUT2D eigenvalue weighted by atomic mass is 9.95. The van der Waals surface area contributed by atoms with E-state index in [9.17, 15) is 9.59 Å². The highest BCUT2D eigenvalue weighted by molar-refractivity contribution is 8.03. The first-order chi connectivity index (χ1) is 13.0. The first-order valence-electron chi connectivity index (χ1n) is 8.83. The van der Waals surface area contributed by atoms with Crippen molar-refractivity contribution < 1.29 is 9.59 Å². The Kier molecular flexibility index (Phi) is 6.23. The number of aryl methyl sites for hydroxylation is 1. The Morgan fingerprint density at radius 2 is 1.89 bits per heavy atom. The van der Waals surface area contributed by atoms with E-state index in [0.717, 1.165) is 36.8 Å². The van der Waals surface area contributed by atoms with Gasteiger partial charge in [0.05, 0.1) is 27.9 Å². The highest BCUT2D eigenvalue weighted by Gasteiger charge is 2.29. The number of thioether (sulfide) groups is 1. The average Bonchev–Trinajstić information content (AvgIpc) is 3.00. The van der Waals surface area contributed by atoms with Crippen LogP contribution in [-0.2, 0) is 24.2 Å². The zero-order chi connectivity index (χ0) is 19.4. The largest absolute Gasteiger partial charge is 0.390 e. The molecule has 0 spiro atoms. The zero-order valence-corrected chi connectivity index (χ0v) is 16.7. The number of nitrogen functional groups attached to an aromatic ring is 1. The standard InChI is InChI=1S/C20H23N3O2S2/c1-13(26-12-17(21)24)23(11-14-7-3-2-4-8-14)20(25)18-15-9-5-6-10-16(15)27-19(18)22/h2-4,7-8H,1,5-6,9-12,22H2,(H2,21,24). The molecular weight excluding hydrogens is 378 g/mol. The molecule has 1 aliphatic carbocycles. The summed E-state index contributed by atoms with van der Waals surface area (Å²) in [7, 11) is 0. The predicted octanol–water partition coefficient (Wildman–Crippen LogP) is 3.54. The lowest BCUT2D eigenvalue weighted by molar-refractivity contribution is -0.115. The van der Waals surface area contributed by atoms with E-state index in [2.05, 4.69) is 6.58 Å². The smallest absolute Gasteiger partial charge is 0.262 e. The summed E-state index contributed by atoms with van der Waals surface area (Å²) in [6.07, 6.45) is 4.06. The summed E-state index contributed by atoms with van der Waals surface area (Å²) in [6, 6.07) is 9.70. The van der Waals surface area contributed by atoms with Crippen molar-refractivity contribution in [1.82, 2.24) is 4.90 Å². The number of hydrogen-bond donors (Lipinski definition) is 2. The van der Waals surface area contributed by atoms with Crippen LogP contribution in [0.2, 0.25) is 0 Å². The van der Waals surface area contributed by atoms with Gasteiger partial charge in [0.25, 0.3) is 5.91 Å². The molecule has 0 fully saturated rings. The number of primary amides is 1. The molecule has 0 bridgehead atoms. The molecule has 0 saturated carbocycles. The maximum atomic E-state index is 13.5. The quantitative estimate of drug-likeness (QED) is 0.742. The minimum Gasteiger partial charge on any atom is -0.390 e. The third kappa shape index (κ3) is 4.54. The molecule has 2 amide bonds. The summed E-state index contributed by atoms with van der Waals surface area (Å²) in [4.78, 5) is 27.4. The van der Waals surface area contributed by atoms with Crippen molar-refractivity contribution >= 4 is 39.9 Å². The molecule has 0 unspecified atom stereocenters. The lowest BCUT2D eigenvalue weighted by Gasteiger charge is -2.25. The predicted molar refractivity (Wildman–Crippen MR) is 112 cm³/mol. The van der Waals surface area contributed by atoms with Crippen LogP contribution >= 0.6 is 23.1 Å². The number of nitrogens with zero attached hydrogens (tertiary/aromatic N) is 1. The molecule has 7 heteroatoms. The van der Waals surface area contributed by atoms with Crippen LogP contribution in [-0.4, -0.2) is 22.5 Å². The Hall–Kier alpha value is -2.25. The molecule has 0 saturated heterocycles. The second kappa shape index (κ2) is 8.63. The van der Waals surface area contributed by atoms with Gasteiger partial charge in [-0.1, -0.05) is 48.7 Å². The molecule has 0 aliphatic heterocycles. The van der Waals surface area contributed by atoms with E-state index in [0.29, 0.717) is 22.1 Å². The summed E-state index contributed by atoms with van der Waals surface area (Å²) in [5.41, 5.74) is 14.2. The third-order valence-corrected chi connectivity index (χ3v) is 6.63. The summed E-state index contributed by atoms with van der Waals surface area (Å²) in [5, 5.41) is 1.07. The Labute approximate surface area is 167 Å². The van der Waals surface area contributed by atoms with Gasteiger partial charge in [0, 0.05) is 4.88 Å². The normalized spacial score (nSPS) is 13.0. The van der Waals surface area contributed by atoms with Gasteiger partial charge in [-0.3, -0.25) is 14.5 Å². The van der Waals surface area contributed by atoms with Gasteiger partial charge < -0.3 is 11.5 Å². The molecule has 1 aliphatic rings. The molecule has 27 heavy (non-hydrogen) atoms. The van der Waals surface area contributed by atoms with E-state index in [1.165, 1.54) is 28.0 Å². The fourth-order valence-corrected chi connectivity index (χ4v) is 4.99. The molecule has 1 aromatic heterocycles. The van der Waals surface area contributed by atoms with E-state index in [4.69, 9.17) is 11.5 Å². The fourth-order valence-electron chi connectivity index (χ4n) is 3.23. The summed E-state index contributed by atoms with van der Waals surface area (Å²) in [5.74, 6) is -0.521. The lowest BCUT2D eigenvalue weighted by Crippen LogP contribution is -2.30. The Bertz CT molecular complexity index is 862. The average molecular weight is 402 g/mol. The summed E-state index contributed by atoms with van der Waals surface area (Å²) < 4.78 is 0. The number of amides is 2. The van der Waals surface area contributed by atoms with Crippen LogP contribution in [0, 0.1) is 0 Å². The molecule has 2 aromatic rings. The van der Waals surface area contributed by atoms with Gasteiger partial charge in [0.15, 0.2) is 0 Å². The molecule has 4 N–H and O–H groups in total. The van der Waals surface area contributed by atoms with Crippen molar-refractivity contribution in [2.75, 3.05) is 11.5 Å². The Morgan fingerprint density at radius 3 is 2.59 bits per heavy atom. The number of carbonyl (C=O) groups is 2. The van der Waals surface area contributed by atoms with Crippen LogP contribution in [0.1, 0.15) is 39.2 Å². The maximum absolute atomic E-state index is 13.5. The van der Waals surface area contributed by atoms with Gasteiger partial charge in [-0.25, -0.2) is 0 Å². The van der Waals surface area contributed by atoms with Crippen LogP contribution < -0.4 is 11.5 Å². The number of hydrogen-bond acceptors (Lipinski definition) is 5. The number of fused-ring (bicyclic) bond motifs is 1. The van der Waals surface area contributed by atoms with Crippen LogP contribution in [0.15, 0.2) is 41.9 Å². The SMILES string of the molecule is C=C(SCC(N)=O)N(Cc1ccccc1)C(=O)c1c(N)sc2c1CCCC2. The Morgan fingerprint density at radius 1 is 1.19 bits per heavy atom. The first-order valence-corrected chi connectivity index (χ1v) is 10.6. The van der Waals surface area contributed by atoms with Gasteiger partial charge in [-0.2, -0.15) is 0 Å². The number of thiophene rings is 1. The molecule has 1 heterocycles. The third-order valence-electron chi connectivity index (χ3n) is 4.52. The summed E-state index contributed by atoms with van der Waals surface area (Å²) >= 11 is 2.70. The van der Waals surface area contributed by atoms with Gasteiger partial charge in [0.2, 0.25) is 5.91 Å². The molecule has 3 rings (SSSR count).